The molecule has 0 aliphatic carbocycles. The van der Waals surface area contributed by atoms with E-state index in [2.05, 4.69) is 26.6 Å². The van der Waals surface area contributed by atoms with Crippen molar-refractivity contribution >= 4 is 40.2 Å². The lowest BCUT2D eigenvalue weighted by molar-refractivity contribution is -0.122. The average Bonchev–Trinajstić information content (AvgIpc) is 2.50. The third-order valence-corrected chi connectivity index (χ3v) is 4.14. The van der Waals surface area contributed by atoms with Gasteiger partial charge in [0, 0.05) is 16.6 Å². The second kappa shape index (κ2) is 9.82. The van der Waals surface area contributed by atoms with Crippen molar-refractivity contribution in [1.82, 2.24) is 10.6 Å². The molecule has 4 N–H and O–H groups in total. The van der Waals surface area contributed by atoms with Crippen LogP contribution in [-0.2, 0) is 4.79 Å². The van der Waals surface area contributed by atoms with Gasteiger partial charge >= 0.3 is 0 Å². The van der Waals surface area contributed by atoms with Crippen molar-refractivity contribution in [2.45, 2.75) is 32.2 Å². The Labute approximate surface area is 145 Å². The number of nitrogens with two attached hydrogens (primary N) is 1. The van der Waals surface area contributed by atoms with Crippen LogP contribution in [0.2, 0.25) is 0 Å². The van der Waals surface area contributed by atoms with E-state index in [-0.39, 0.29) is 30.8 Å². The monoisotopic (exact) mass is 391 g/mol. The summed E-state index contributed by atoms with van der Waals surface area (Å²) in [5, 5.41) is 5.52. The average molecular weight is 393 g/mol. The molecule has 7 heteroatoms. The van der Waals surface area contributed by atoms with Crippen molar-refractivity contribution in [3.05, 3.63) is 34.3 Å². The van der Waals surface area contributed by atoms with E-state index in [0.717, 1.165) is 17.3 Å². The summed E-state index contributed by atoms with van der Waals surface area (Å²) in [5.41, 5.74) is 5.85. The van der Waals surface area contributed by atoms with Crippen LogP contribution in [0.25, 0.3) is 0 Å². The van der Waals surface area contributed by atoms with Crippen LogP contribution in [0, 0.1) is 0 Å². The zero-order chi connectivity index (χ0) is 15.9. The van der Waals surface area contributed by atoms with E-state index in [9.17, 15) is 9.59 Å². The molecule has 0 spiro atoms. The topological polar surface area (TPSA) is 84.2 Å². The van der Waals surface area contributed by atoms with Crippen LogP contribution in [0.4, 0.5) is 0 Å². The van der Waals surface area contributed by atoms with Crippen LogP contribution in [-0.4, -0.2) is 30.4 Å². The quantitative estimate of drug-likeness (QED) is 0.665. The lowest BCUT2D eigenvalue weighted by Gasteiger charge is -2.31. The molecule has 2 amide bonds. The van der Waals surface area contributed by atoms with Crippen LogP contribution in [0.1, 0.15) is 37.0 Å². The van der Waals surface area contributed by atoms with E-state index in [1.165, 1.54) is 0 Å². The molecule has 0 radical (unpaired) electrons. The van der Waals surface area contributed by atoms with E-state index in [0.29, 0.717) is 12.1 Å². The Morgan fingerprint density at radius 1 is 1.27 bits per heavy atom. The number of amides is 2. The van der Waals surface area contributed by atoms with Gasteiger partial charge in [-0.25, -0.2) is 0 Å². The summed E-state index contributed by atoms with van der Waals surface area (Å²) >= 11 is 3.31. The maximum absolute atomic E-state index is 11.9. The fraction of sp³-hybridized carbons (Fsp3) is 0.467. The van der Waals surface area contributed by atoms with Crippen molar-refractivity contribution in [2.24, 2.45) is 5.73 Å². The van der Waals surface area contributed by atoms with E-state index < -0.39 is 5.54 Å². The lowest BCUT2D eigenvalue weighted by Crippen LogP contribution is -2.55. The minimum atomic E-state index is -0.391. The summed E-state index contributed by atoms with van der Waals surface area (Å²) < 4.78 is 0.818. The van der Waals surface area contributed by atoms with Crippen molar-refractivity contribution in [1.29, 1.82) is 0 Å². The van der Waals surface area contributed by atoms with Crippen LogP contribution in [0.15, 0.2) is 28.7 Å². The highest BCUT2D eigenvalue weighted by Gasteiger charge is 2.26. The molecule has 1 rings (SSSR count). The van der Waals surface area contributed by atoms with Gasteiger partial charge in [0.2, 0.25) is 5.91 Å². The van der Waals surface area contributed by atoms with Gasteiger partial charge in [-0.3, -0.25) is 9.59 Å². The number of hydrogen-bond donors (Lipinski definition) is 3. The SMILES string of the molecule is CCC(CC)(CN)NC(=O)CNC(=O)c1cccc(Br)c1.Cl. The predicted molar refractivity (Wildman–Crippen MR) is 94.2 cm³/mol. The Bertz CT molecular complexity index is 499. The number of carbonyl (C=O) groups excluding carboxylic acids is 2. The number of rotatable bonds is 7. The van der Waals surface area contributed by atoms with Gasteiger partial charge in [-0.2, -0.15) is 0 Å². The third-order valence-electron chi connectivity index (χ3n) is 3.65. The van der Waals surface area contributed by atoms with Crippen molar-refractivity contribution in [3.8, 4) is 0 Å². The van der Waals surface area contributed by atoms with Gasteiger partial charge in [0.1, 0.15) is 0 Å². The standard InChI is InChI=1S/C15H22BrN3O2.ClH/c1-3-15(4-2,10-17)19-13(20)9-18-14(21)11-6-5-7-12(16)8-11;/h5-8H,3-4,9-10,17H2,1-2H3,(H,18,21)(H,19,20);1H. The molecule has 0 unspecified atom stereocenters. The molecule has 0 atom stereocenters. The highest BCUT2D eigenvalue weighted by Crippen LogP contribution is 2.13. The summed E-state index contributed by atoms with van der Waals surface area (Å²) in [6.45, 7) is 4.28. The normalized spacial score (nSPS) is 10.5. The van der Waals surface area contributed by atoms with E-state index in [1.54, 1.807) is 18.2 Å². The summed E-state index contributed by atoms with van der Waals surface area (Å²) in [7, 11) is 0. The molecule has 0 saturated carbocycles. The minimum Gasteiger partial charge on any atom is -0.348 e. The molecule has 0 fully saturated rings. The molecule has 1 aromatic carbocycles. The Morgan fingerprint density at radius 2 is 1.91 bits per heavy atom. The molecule has 0 aromatic heterocycles. The number of halogens is 2. The van der Waals surface area contributed by atoms with Crippen LogP contribution >= 0.6 is 28.3 Å². The molecule has 22 heavy (non-hydrogen) atoms. The maximum atomic E-state index is 11.9. The number of nitrogens with one attached hydrogen (secondary N) is 2. The molecule has 0 heterocycles. The number of carbonyl (C=O) groups is 2. The van der Waals surface area contributed by atoms with E-state index >= 15 is 0 Å². The van der Waals surface area contributed by atoms with Gasteiger partial charge < -0.3 is 16.4 Å². The van der Waals surface area contributed by atoms with Crippen molar-refractivity contribution < 1.29 is 9.59 Å². The summed E-state index contributed by atoms with van der Waals surface area (Å²) in [6, 6.07) is 7.00. The molecule has 0 aliphatic rings. The summed E-state index contributed by atoms with van der Waals surface area (Å²) in [5.74, 6) is -0.509. The van der Waals surface area contributed by atoms with E-state index in [4.69, 9.17) is 5.73 Å². The fourth-order valence-corrected chi connectivity index (χ4v) is 2.40. The molecule has 5 nitrogen and oxygen atoms in total. The van der Waals surface area contributed by atoms with Gasteiger partial charge in [-0.1, -0.05) is 35.8 Å². The Kier molecular flexibility index (Phi) is 9.32. The highest BCUT2D eigenvalue weighted by atomic mass is 79.9. The van der Waals surface area contributed by atoms with Gasteiger partial charge in [0.15, 0.2) is 0 Å². The number of benzene rings is 1. The molecule has 0 saturated heterocycles. The third kappa shape index (κ3) is 5.94. The first-order valence-electron chi connectivity index (χ1n) is 7.01. The molecule has 0 aliphatic heterocycles. The highest BCUT2D eigenvalue weighted by molar-refractivity contribution is 9.10. The lowest BCUT2D eigenvalue weighted by atomic mass is 9.93. The summed E-state index contributed by atoms with van der Waals surface area (Å²) in [4.78, 5) is 23.9. The van der Waals surface area contributed by atoms with Crippen molar-refractivity contribution in [2.75, 3.05) is 13.1 Å². The molecular weight excluding hydrogens is 370 g/mol. The molecule has 124 valence electrons. The predicted octanol–water partition coefficient (Wildman–Crippen LogP) is 2.23. The van der Waals surface area contributed by atoms with Crippen molar-refractivity contribution in [3.63, 3.8) is 0 Å². The zero-order valence-corrected chi connectivity index (χ0v) is 15.2. The van der Waals surface area contributed by atoms with Gasteiger partial charge in [0.05, 0.1) is 12.1 Å². The van der Waals surface area contributed by atoms with Gasteiger partial charge in [0.25, 0.3) is 5.91 Å². The first kappa shape index (κ1) is 20.9. The fourth-order valence-electron chi connectivity index (χ4n) is 2.00. The Hall–Kier alpha value is -1.11. The first-order valence-corrected chi connectivity index (χ1v) is 7.80. The van der Waals surface area contributed by atoms with Crippen LogP contribution in [0.5, 0.6) is 0 Å². The second-order valence-corrected chi connectivity index (χ2v) is 5.85. The summed E-state index contributed by atoms with van der Waals surface area (Å²) in [6.07, 6.45) is 1.51. The zero-order valence-electron chi connectivity index (χ0n) is 12.8. The minimum absolute atomic E-state index is 0. The van der Waals surface area contributed by atoms with Gasteiger partial charge in [-0.15, -0.1) is 12.4 Å². The van der Waals surface area contributed by atoms with E-state index in [1.807, 2.05) is 19.9 Å². The van der Waals surface area contributed by atoms with Gasteiger partial charge in [-0.05, 0) is 31.0 Å². The Morgan fingerprint density at radius 3 is 2.41 bits per heavy atom. The second-order valence-electron chi connectivity index (χ2n) is 4.93. The molecule has 0 bridgehead atoms. The Balaban J connectivity index is 0.00000441. The molecule has 1 aromatic rings. The largest absolute Gasteiger partial charge is 0.348 e. The maximum Gasteiger partial charge on any atom is 0.251 e. The van der Waals surface area contributed by atoms with Crippen LogP contribution in [0.3, 0.4) is 0 Å². The molecular formula is C15H23BrClN3O2. The van der Waals surface area contributed by atoms with Crippen LogP contribution < -0.4 is 16.4 Å². The first-order chi connectivity index (χ1) is 9.96. The number of hydrogen-bond acceptors (Lipinski definition) is 3. The smallest absolute Gasteiger partial charge is 0.251 e.